The van der Waals surface area contributed by atoms with Crippen molar-refractivity contribution < 1.29 is 9.84 Å². The molecule has 0 amide bonds. The molecule has 3 heteroatoms. The van der Waals surface area contributed by atoms with E-state index in [1.807, 2.05) is 0 Å². The summed E-state index contributed by atoms with van der Waals surface area (Å²) in [5, 5.41) is 9.39. The van der Waals surface area contributed by atoms with Crippen molar-refractivity contribution in [2.45, 2.75) is 44.6 Å². The summed E-state index contributed by atoms with van der Waals surface area (Å²) < 4.78 is 5.38. The zero-order valence-corrected chi connectivity index (χ0v) is 12.4. The Hall–Kier alpha value is -0.900. The van der Waals surface area contributed by atoms with Gasteiger partial charge in [-0.05, 0) is 29.0 Å². The third kappa shape index (κ3) is 2.42. The fraction of sp³-hybridized carbons (Fsp3) is 0.625. The zero-order valence-electron chi connectivity index (χ0n) is 12.4. The average molecular weight is 263 g/mol. The fourth-order valence-corrected chi connectivity index (χ4v) is 2.75. The van der Waals surface area contributed by atoms with Crippen LogP contribution < -0.4 is 5.73 Å². The Labute approximate surface area is 115 Å². The number of rotatable bonds is 3. The Kier molecular flexibility index (Phi) is 3.74. The summed E-state index contributed by atoms with van der Waals surface area (Å²) in [6.07, 6.45) is 0. The average Bonchev–Trinajstić information content (AvgIpc) is 2.28. The van der Waals surface area contributed by atoms with Gasteiger partial charge in [-0.25, -0.2) is 0 Å². The molecule has 106 valence electrons. The highest BCUT2D eigenvalue weighted by molar-refractivity contribution is 5.41. The molecular weight excluding hydrogens is 238 g/mol. The molecule has 1 atom stereocenters. The van der Waals surface area contributed by atoms with Crippen LogP contribution in [-0.2, 0) is 15.6 Å². The molecule has 1 saturated heterocycles. The van der Waals surface area contributed by atoms with Gasteiger partial charge in [0.15, 0.2) is 0 Å². The van der Waals surface area contributed by atoms with Crippen molar-refractivity contribution in [3.05, 3.63) is 34.9 Å². The highest BCUT2D eigenvalue weighted by Crippen LogP contribution is 2.38. The van der Waals surface area contributed by atoms with Crippen molar-refractivity contribution in [3.63, 3.8) is 0 Å². The minimum absolute atomic E-state index is 0.0101. The molecule has 0 radical (unpaired) electrons. The van der Waals surface area contributed by atoms with Crippen LogP contribution in [0.5, 0.6) is 0 Å². The summed E-state index contributed by atoms with van der Waals surface area (Å²) in [4.78, 5) is 0. The van der Waals surface area contributed by atoms with Gasteiger partial charge in [0, 0.05) is 6.04 Å². The van der Waals surface area contributed by atoms with Crippen molar-refractivity contribution in [2.75, 3.05) is 19.8 Å². The second-order valence-electron chi connectivity index (χ2n) is 6.72. The van der Waals surface area contributed by atoms with Crippen LogP contribution in [0.2, 0.25) is 0 Å². The highest BCUT2D eigenvalue weighted by Gasteiger charge is 2.46. The van der Waals surface area contributed by atoms with E-state index in [-0.39, 0.29) is 23.5 Å². The number of ether oxygens (including phenoxy) is 1. The van der Waals surface area contributed by atoms with Gasteiger partial charge in [0.1, 0.15) is 0 Å². The molecule has 0 aromatic heterocycles. The summed E-state index contributed by atoms with van der Waals surface area (Å²) in [6, 6.07) is 6.31. The van der Waals surface area contributed by atoms with E-state index in [0.29, 0.717) is 13.2 Å². The van der Waals surface area contributed by atoms with Gasteiger partial charge in [-0.2, -0.15) is 0 Å². The predicted octanol–water partition coefficient (Wildman–Crippen LogP) is 1.88. The Morgan fingerprint density at radius 2 is 2.00 bits per heavy atom. The lowest BCUT2D eigenvalue weighted by Crippen LogP contribution is -2.60. The van der Waals surface area contributed by atoms with Gasteiger partial charge in [0.25, 0.3) is 0 Å². The number of hydrogen-bond donors (Lipinski definition) is 2. The maximum atomic E-state index is 9.39. The number of aliphatic hydroxyl groups is 1. The summed E-state index contributed by atoms with van der Waals surface area (Å²) >= 11 is 0. The number of benzene rings is 1. The molecule has 1 heterocycles. The normalized spacial score (nSPS) is 19.9. The Balaban J connectivity index is 2.41. The Bertz CT molecular complexity index is 458. The zero-order chi connectivity index (χ0) is 14.3. The minimum Gasteiger partial charge on any atom is -0.395 e. The van der Waals surface area contributed by atoms with Crippen LogP contribution in [0.25, 0.3) is 0 Å². The molecule has 1 aromatic carbocycles. The summed E-state index contributed by atoms with van der Waals surface area (Å²) in [5.74, 6) is 0. The summed E-state index contributed by atoms with van der Waals surface area (Å²) in [6.45, 7) is 9.95. The smallest absolute Gasteiger partial charge is 0.0601 e. The SMILES string of the molecule is Cc1cc(C(C)(C)C)ccc1C1(C(N)CO)COC1. The lowest BCUT2D eigenvalue weighted by atomic mass is 9.70. The molecule has 0 saturated carbocycles. The van der Waals surface area contributed by atoms with Crippen molar-refractivity contribution in [2.24, 2.45) is 5.73 Å². The topological polar surface area (TPSA) is 55.5 Å². The third-order valence-corrected chi connectivity index (χ3v) is 4.25. The third-order valence-electron chi connectivity index (χ3n) is 4.25. The van der Waals surface area contributed by atoms with Gasteiger partial charge in [-0.15, -0.1) is 0 Å². The molecule has 0 bridgehead atoms. The minimum atomic E-state index is -0.263. The van der Waals surface area contributed by atoms with Gasteiger partial charge in [-0.1, -0.05) is 39.0 Å². The van der Waals surface area contributed by atoms with Crippen LogP contribution in [0.1, 0.15) is 37.5 Å². The number of hydrogen-bond acceptors (Lipinski definition) is 3. The van der Waals surface area contributed by atoms with E-state index in [9.17, 15) is 5.11 Å². The molecule has 1 aromatic rings. The van der Waals surface area contributed by atoms with Gasteiger partial charge >= 0.3 is 0 Å². The molecule has 1 fully saturated rings. The first-order valence-electron chi connectivity index (χ1n) is 6.87. The molecular formula is C16H25NO2. The largest absolute Gasteiger partial charge is 0.395 e. The van der Waals surface area contributed by atoms with Gasteiger partial charge in [0.05, 0.1) is 25.2 Å². The van der Waals surface area contributed by atoms with Crippen LogP contribution in [0, 0.1) is 6.92 Å². The van der Waals surface area contributed by atoms with Gasteiger partial charge in [0.2, 0.25) is 0 Å². The molecule has 0 spiro atoms. The maximum absolute atomic E-state index is 9.39. The molecule has 3 N–H and O–H groups in total. The Morgan fingerprint density at radius 3 is 2.37 bits per heavy atom. The number of nitrogens with two attached hydrogens (primary N) is 1. The second kappa shape index (κ2) is 4.89. The monoisotopic (exact) mass is 263 g/mol. The molecule has 3 nitrogen and oxygen atoms in total. The first kappa shape index (κ1) is 14.5. The van der Waals surface area contributed by atoms with Crippen LogP contribution in [0.3, 0.4) is 0 Å². The van der Waals surface area contributed by atoms with E-state index in [1.165, 1.54) is 16.7 Å². The summed E-state index contributed by atoms with van der Waals surface area (Å²) in [5.41, 5.74) is 9.81. The highest BCUT2D eigenvalue weighted by atomic mass is 16.5. The molecule has 19 heavy (non-hydrogen) atoms. The lowest BCUT2D eigenvalue weighted by molar-refractivity contribution is -0.0801. The molecule has 2 rings (SSSR count). The standard InChI is InChI=1S/C16H25NO2/c1-11-7-12(15(2,3)4)5-6-13(11)16(9-19-10-16)14(17)8-18/h5-7,14,18H,8-10,17H2,1-4H3. The van der Waals surface area contributed by atoms with Crippen molar-refractivity contribution in [1.29, 1.82) is 0 Å². The molecule has 1 aliphatic rings. The van der Waals surface area contributed by atoms with E-state index in [4.69, 9.17) is 10.5 Å². The van der Waals surface area contributed by atoms with Crippen molar-refractivity contribution in [1.82, 2.24) is 0 Å². The molecule has 1 aliphatic heterocycles. The molecule has 1 unspecified atom stereocenters. The maximum Gasteiger partial charge on any atom is 0.0601 e. The van der Waals surface area contributed by atoms with Crippen molar-refractivity contribution >= 4 is 0 Å². The van der Waals surface area contributed by atoms with Gasteiger partial charge < -0.3 is 15.6 Å². The lowest BCUT2D eigenvalue weighted by Gasteiger charge is -2.46. The first-order chi connectivity index (χ1) is 8.81. The number of aryl methyl sites for hydroxylation is 1. The van der Waals surface area contributed by atoms with E-state index in [1.54, 1.807) is 0 Å². The van der Waals surface area contributed by atoms with Crippen molar-refractivity contribution in [3.8, 4) is 0 Å². The fourth-order valence-electron chi connectivity index (χ4n) is 2.75. The van der Waals surface area contributed by atoms with E-state index < -0.39 is 0 Å². The molecule has 0 aliphatic carbocycles. The number of aliphatic hydroxyl groups excluding tert-OH is 1. The second-order valence-corrected chi connectivity index (χ2v) is 6.72. The van der Waals surface area contributed by atoms with Crippen LogP contribution in [-0.4, -0.2) is 31.0 Å². The van der Waals surface area contributed by atoms with E-state index in [2.05, 4.69) is 45.9 Å². The quantitative estimate of drug-likeness (QED) is 0.875. The van der Waals surface area contributed by atoms with Gasteiger partial charge in [-0.3, -0.25) is 0 Å². The van der Waals surface area contributed by atoms with E-state index in [0.717, 1.165) is 0 Å². The van der Waals surface area contributed by atoms with Crippen LogP contribution >= 0.6 is 0 Å². The first-order valence-corrected chi connectivity index (χ1v) is 6.87. The predicted molar refractivity (Wildman–Crippen MR) is 77.4 cm³/mol. The van der Waals surface area contributed by atoms with E-state index >= 15 is 0 Å². The van der Waals surface area contributed by atoms with Crippen LogP contribution in [0.4, 0.5) is 0 Å². The Morgan fingerprint density at radius 1 is 1.37 bits per heavy atom. The van der Waals surface area contributed by atoms with Crippen LogP contribution in [0.15, 0.2) is 18.2 Å². The summed E-state index contributed by atoms with van der Waals surface area (Å²) in [7, 11) is 0.